The Labute approximate surface area is 110 Å². The minimum absolute atomic E-state index is 0.0320. The van der Waals surface area contributed by atoms with Crippen molar-refractivity contribution in [2.24, 2.45) is 0 Å². The van der Waals surface area contributed by atoms with Crippen molar-refractivity contribution in [2.75, 3.05) is 32.7 Å². The number of aliphatic carboxylic acids is 1. The van der Waals surface area contributed by atoms with E-state index >= 15 is 0 Å². The highest BCUT2D eigenvalue weighted by Gasteiger charge is 2.20. The molecule has 1 aliphatic rings. The second-order valence-electron chi connectivity index (χ2n) is 4.34. The molecule has 0 aliphatic carbocycles. The molecule has 6 nitrogen and oxygen atoms in total. The van der Waals surface area contributed by atoms with Gasteiger partial charge in [-0.25, -0.2) is 0 Å². The first-order chi connectivity index (χ1) is 9.15. The third-order valence-corrected chi connectivity index (χ3v) is 2.98. The smallest absolute Gasteiger partial charge is 0.317 e. The summed E-state index contributed by atoms with van der Waals surface area (Å²) in [5, 5.41) is 8.69. The van der Waals surface area contributed by atoms with Crippen LogP contribution < -0.4 is 0 Å². The summed E-state index contributed by atoms with van der Waals surface area (Å²) in [7, 11) is 0. The Morgan fingerprint density at radius 3 is 2.63 bits per heavy atom. The summed E-state index contributed by atoms with van der Waals surface area (Å²) in [5.74, 6) is -0.276. The Bertz CT molecular complexity index is 459. The predicted octanol–water partition coefficient (Wildman–Crippen LogP) is 0.522. The summed E-state index contributed by atoms with van der Waals surface area (Å²) >= 11 is 0. The molecule has 1 saturated heterocycles. The zero-order valence-electron chi connectivity index (χ0n) is 10.5. The van der Waals surface area contributed by atoms with Crippen molar-refractivity contribution >= 4 is 18.0 Å². The fourth-order valence-electron chi connectivity index (χ4n) is 1.96. The van der Waals surface area contributed by atoms with Gasteiger partial charge in [0.25, 0.3) is 0 Å². The van der Waals surface area contributed by atoms with Gasteiger partial charge in [-0.1, -0.05) is 0 Å². The topological polar surface area (TPSA) is 74.0 Å². The van der Waals surface area contributed by atoms with Gasteiger partial charge in [-0.2, -0.15) is 0 Å². The van der Waals surface area contributed by atoms with E-state index < -0.39 is 5.97 Å². The van der Waals surface area contributed by atoms with E-state index in [0.29, 0.717) is 31.9 Å². The first-order valence-corrected chi connectivity index (χ1v) is 6.10. The van der Waals surface area contributed by atoms with Crippen LogP contribution in [0.4, 0.5) is 0 Å². The zero-order chi connectivity index (χ0) is 13.7. The van der Waals surface area contributed by atoms with Crippen LogP contribution in [0.2, 0.25) is 0 Å². The summed E-state index contributed by atoms with van der Waals surface area (Å²) in [5.41, 5.74) is 0. The van der Waals surface area contributed by atoms with Crippen molar-refractivity contribution in [2.45, 2.75) is 0 Å². The van der Waals surface area contributed by atoms with Crippen LogP contribution in [-0.2, 0) is 9.59 Å². The molecular formula is C13H16N2O4. The number of amides is 1. The quantitative estimate of drug-likeness (QED) is 0.803. The fraction of sp³-hybridized carbons (Fsp3) is 0.385. The van der Waals surface area contributed by atoms with Crippen molar-refractivity contribution in [3.63, 3.8) is 0 Å². The van der Waals surface area contributed by atoms with Crippen LogP contribution in [0.3, 0.4) is 0 Å². The molecule has 1 amide bonds. The van der Waals surface area contributed by atoms with Crippen LogP contribution in [-0.4, -0.2) is 59.5 Å². The Morgan fingerprint density at radius 1 is 1.32 bits per heavy atom. The number of hydrogen-bond acceptors (Lipinski definition) is 4. The van der Waals surface area contributed by atoms with Crippen LogP contribution in [0.5, 0.6) is 0 Å². The molecule has 2 heterocycles. The lowest BCUT2D eigenvalue weighted by atomic mass is 10.3. The number of carbonyl (C=O) groups excluding carboxylic acids is 1. The van der Waals surface area contributed by atoms with E-state index in [2.05, 4.69) is 0 Å². The SMILES string of the molecule is O=C(O)CN1CCN(C(=O)/C=C/c2ccco2)CC1. The summed E-state index contributed by atoms with van der Waals surface area (Å²) in [4.78, 5) is 26.0. The lowest BCUT2D eigenvalue weighted by Gasteiger charge is -2.33. The Balaban J connectivity index is 1.81. The molecule has 1 N–H and O–H groups in total. The van der Waals surface area contributed by atoms with Crippen LogP contribution >= 0.6 is 0 Å². The van der Waals surface area contributed by atoms with Gasteiger partial charge < -0.3 is 14.4 Å². The number of piperazine rings is 1. The van der Waals surface area contributed by atoms with E-state index in [1.54, 1.807) is 29.4 Å². The maximum atomic E-state index is 11.9. The van der Waals surface area contributed by atoms with Crippen LogP contribution in [0, 0.1) is 0 Å². The number of carbonyl (C=O) groups is 2. The lowest BCUT2D eigenvalue weighted by molar-refractivity contribution is -0.139. The normalized spacial score (nSPS) is 16.9. The second-order valence-corrected chi connectivity index (χ2v) is 4.34. The van der Waals surface area contributed by atoms with Crippen molar-refractivity contribution < 1.29 is 19.1 Å². The third kappa shape index (κ3) is 3.96. The lowest BCUT2D eigenvalue weighted by Crippen LogP contribution is -2.49. The molecule has 1 aromatic rings. The van der Waals surface area contributed by atoms with Gasteiger partial charge >= 0.3 is 5.97 Å². The van der Waals surface area contributed by atoms with Gasteiger partial charge in [0.2, 0.25) is 5.91 Å². The zero-order valence-corrected chi connectivity index (χ0v) is 10.5. The summed E-state index contributed by atoms with van der Waals surface area (Å²) in [6.45, 7) is 2.31. The van der Waals surface area contributed by atoms with Crippen molar-refractivity contribution in [1.29, 1.82) is 0 Å². The van der Waals surface area contributed by atoms with E-state index in [0.717, 1.165) is 0 Å². The van der Waals surface area contributed by atoms with E-state index in [1.807, 2.05) is 4.90 Å². The molecule has 102 valence electrons. The van der Waals surface area contributed by atoms with Gasteiger partial charge in [0.15, 0.2) is 0 Å². The molecule has 0 radical (unpaired) electrons. The molecule has 6 heteroatoms. The minimum atomic E-state index is -0.836. The van der Waals surface area contributed by atoms with Crippen LogP contribution in [0.25, 0.3) is 6.08 Å². The molecule has 0 unspecified atom stereocenters. The standard InChI is InChI=1S/C13H16N2O4/c16-12(4-3-11-2-1-9-19-11)15-7-5-14(6-8-15)10-13(17)18/h1-4,9H,5-8,10H2,(H,17,18)/b4-3+. The van der Waals surface area contributed by atoms with Gasteiger partial charge in [-0.05, 0) is 18.2 Å². The second kappa shape index (κ2) is 6.19. The summed E-state index contributed by atoms with van der Waals surface area (Å²) in [6.07, 6.45) is 4.66. The highest BCUT2D eigenvalue weighted by Crippen LogP contribution is 2.06. The van der Waals surface area contributed by atoms with Crippen LogP contribution in [0.15, 0.2) is 28.9 Å². The van der Waals surface area contributed by atoms with Crippen molar-refractivity contribution in [1.82, 2.24) is 9.80 Å². The minimum Gasteiger partial charge on any atom is -0.480 e. The Morgan fingerprint density at radius 2 is 2.05 bits per heavy atom. The van der Waals surface area contributed by atoms with Gasteiger partial charge in [-0.15, -0.1) is 0 Å². The molecule has 0 spiro atoms. The van der Waals surface area contributed by atoms with E-state index in [4.69, 9.17) is 9.52 Å². The van der Waals surface area contributed by atoms with E-state index in [-0.39, 0.29) is 12.5 Å². The molecule has 2 rings (SSSR count). The molecule has 1 fully saturated rings. The Kier molecular flexibility index (Phi) is 4.35. The number of furan rings is 1. The number of rotatable bonds is 4. The summed E-state index contributed by atoms with van der Waals surface area (Å²) < 4.78 is 5.10. The highest BCUT2D eigenvalue weighted by atomic mass is 16.4. The fourth-order valence-corrected chi connectivity index (χ4v) is 1.96. The molecule has 0 saturated carbocycles. The Hall–Kier alpha value is -2.08. The van der Waals surface area contributed by atoms with Crippen molar-refractivity contribution in [3.05, 3.63) is 30.2 Å². The van der Waals surface area contributed by atoms with Crippen LogP contribution in [0.1, 0.15) is 5.76 Å². The average Bonchev–Trinajstić information content (AvgIpc) is 2.89. The van der Waals surface area contributed by atoms with Crippen molar-refractivity contribution in [3.8, 4) is 0 Å². The third-order valence-electron chi connectivity index (χ3n) is 2.98. The molecule has 1 aliphatic heterocycles. The van der Waals surface area contributed by atoms with Gasteiger partial charge in [0, 0.05) is 32.3 Å². The first kappa shape index (κ1) is 13.4. The monoisotopic (exact) mass is 264 g/mol. The van der Waals surface area contributed by atoms with E-state index in [1.165, 1.54) is 6.08 Å². The maximum absolute atomic E-state index is 11.9. The average molecular weight is 264 g/mol. The molecular weight excluding hydrogens is 248 g/mol. The predicted molar refractivity (Wildman–Crippen MR) is 68.4 cm³/mol. The number of carboxylic acids is 1. The maximum Gasteiger partial charge on any atom is 0.317 e. The van der Waals surface area contributed by atoms with Gasteiger partial charge in [-0.3, -0.25) is 14.5 Å². The highest BCUT2D eigenvalue weighted by molar-refractivity contribution is 5.91. The number of nitrogens with zero attached hydrogens (tertiary/aromatic N) is 2. The molecule has 0 bridgehead atoms. The molecule has 1 aromatic heterocycles. The van der Waals surface area contributed by atoms with Gasteiger partial charge in [0.05, 0.1) is 12.8 Å². The van der Waals surface area contributed by atoms with Gasteiger partial charge in [0.1, 0.15) is 5.76 Å². The number of hydrogen-bond donors (Lipinski definition) is 1. The number of carboxylic acid groups (broad SMARTS) is 1. The largest absolute Gasteiger partial charge is 0.480 e. The summed E-state index contributed by atoms with van der Waals surface area (Å²) in [6, 6.07) is 3.53. The van der Waals surface area contributed by atoms with E-state index in [9.17, 15) is 9.59 Å². The molecule has 0 aromatic carbocycles. The molecule has 19 heavy (non-hydrogen) atoms. The molecule has 0 atom stereocenters. The first-order valence-electron chi connectivity index (χ1n) is 6.10.